The molecule has 0 heterocycles. The van der Waals surface area contributed by atoms with Crippen LogP contribution in [0.25, 0.3) is 0 Å². The first-order chi connectivity index (χ1) is 9.01. The van der Waals surface area contributed by atoms with Gasteiger partial charge in [-0.1, -0.05) is 0 Å². The maximum absolute atomic E-state index is 12.9. The molecule has 0 saturated heterocycles. The second-order valence-electron chi connectivity index (χ2n) is 3.62. The smallest absolute Gasteiger partial charge is 0.331 e. The van der Waals surface area contributed by atoms with Gasteiger partial charge in [-0.2, -0.15) is 0 Å². The number of carbonyl (C=O) groups is 2. The predicted octanol–water partition coefficient (Wildman–Crippen LogP) is 0.771. The van der Waals surface area contributed by atoms with Crippen molar-refractivity contribution in [2.75, 3.05) is 20.4 Å². The molecule has 1 aromatic carbocycles. The van der Waals surface area contributed by atoms with Crippen LogP contribution in [-0.4, -0.2) is 32.3 Å². The van der Waals surface area contributed by atoms with E-state index in [0.717, 1.165) is 18.2 Å². The molecular weight excluding hydrogens is 260 g/mol. The van der Waals surface area contributed by atoms with Crippen LogP contribution in [0, 0.1) is 11.6 Å². The van der Waals surface area contributed by atoms with Crippen molar-refractivity contribution in [2.45, 2.75) is 6.42 Å². The first-order valence-corrected chi connectivity index (χ1v) is 5.37. The molecule has 1 amide bonds. The summed E-state index contributed by atoms with van der Waals surface area (Å²) in [6.45, 7) is -0.475. The van der Waals surface area contributed by atoms with Crippen molar-refractivity contribution in [3.8, 4) is 0 Å². The molecule has 0 spiro atoms. The summed E-state index contributed by atoms with van der Waals surface area (Å²) in [5, 5.41) is 2.34. The highest BCUT2D eigenvalue weighted by Crippen LogP contribution is 2.08. The monoisotopic (exact) mass is 273 g/mol. The predicted molar refractivity (Wildman–Crippen MR) is 61.0 cm³/mol. The number of hydrogen-bond donors (Lipinski definition) is 1. The molecule has 0 bridgehead atoms. The molecule has 5 nitrogen and oxygen atoms in total. The van der Waals surface area contributed by atoms with E-state index in [-0.39, 0.29) is 25.3 Å². The second kappa shape index (κ2) is 7.42. The molecule has 0 aliphatic carbocycles. The molecule has 0 fully saturated rings. The van der Waals surface area contributed by atoms with E-state index in [2.05, 4.69) is 10.1 Å². The maximum Gasteiger partial charge on any atom is 0.331 e. The van der Waals surface area contributed by atoms with E-state index in [4.69, 9.17) is 4.74 Å². The number of methoxy groups -OCH3 is 1. The molecule has 104 valence electrons. The normalized spacial score (nSPS) is 10.1. The van der Waals surface area contributed by atoms with Gasteiger partial charge < -0.3 is 14.8 Å². The van der Waals surface area contributed by atoms with E-state index in [1.165, 1.54) is 7.11 Å². The zero-order valence-electron chi connectivity index (χ0n) is 10.2. The Labute approximate surface area is 108 Å². The zero-order valence-corrected chi connectivity index (χ0v) is 10.2. The Balaban J connectivity index is 2.33. The standard InChI is InChI=1S/C12H13F2NO4/c1-18-12(17)6-19-7-15-11(16)4-8-2-9(13)5-10(14)3-8/h2-3,5H,4,6-7H2,1H3,(H,15,16). The summed E-state index contributed by atoms with van der Waals surface area (Å²) in [5.74, 6) is -2.54. The van der Waals surface area contributed by atoms with Crippen molar-refractivity contribution in [2.24, 2.45) is 0 Å². The molecule has 0 aliphatic rings. The van der Waals surface area contributed by atoms with E-state index >= 15 is 0 Å². The number of ether oxygens (including phenoxy) is 2. The molecule has 1 N–H and O–H groups in total. The van der Waals surface area contributed by atoms with E-state index < -0.39 is 23.5 Å². The number of esters is 1. The zero-order chi connectivity index (χ0) is 14.3. The number of carbonyl (C=O) groups excluding carboxylic acids is 2. The first-order valence-electron chi connectivity index (χ1n) is 5.37. The topological polar surface area (TPSA) is 64.6 Å². The Morgan fingerprint density at radius 3 is 2.42 bits per heavy atom. The van der Waals surface area contributed by atoms with Gasteiger partial charge in [0.15, 0.2) is 0 Å². The average Bonchev–Trinajstić information content (AvgIpc) is 2.33. The molecule has 7 heteroatoms. The lowest BCUT2D eigenvalue weighted by Gasteiger charge is -2.06. The minimum absolute atomic E-state index is 0.184. The van der Waals surface area contributed by atoms with Gasteiger partial charge in [0.25, 0.3) is 0 Å². The summed E-state index contributed by atoms with van der Waals surface area (Å²) in [6, 6.07) is 2.86. The molecule has 19 heavy (non-hydrogen) atoms. The fourth-order valence-corrected chi connectivity index (χ4v) is 1.29. The van der Waals surface area contributed by atoms with Crippen LogP contribution >= 0.6 is 0 Å². The van der Waals surface area contributed by atoms with Crippen LogP contribution in [0.4, 0.5) is 8.78 Å². The van der Waals surface area contributed by atoms with Gasteiger partial charge in [-0.3, -0.25) is 4.79 Å². The Hall–Kier alpha value is -2.02. The van der Waals surface area contributed by atoms with Crippen molar-refractivity contribution in [1.82, 2.24) is 5.32 Å². The lowest BCUT2D eigenvalue weighted by molar-refractivity contribution is -0.146. The second-order valence-corrected chi connectivity index (χ2v) is 3.62. The highest BCUT2D eigenvalue weighted by molar-refractivity contribution is 5.78. The number of benzene rings is 1. The number of amides is 1. The van der Waals surface area contributed by atoms with Crippen molar-refractivity contribution in [3.63, 3.8) is 0 Å². The fraction of sp³-hybridized carbons (Fsp3) is 0.333. The molecule has 0 saturated carbocycles. The minimum atomic E-state index is -0.746. The summed E-state index contributed by atoms with van der Waals surface area (Å²) in [7, 11) is 1.21. The first kappa shape index (κ1) is 15.0. The van der Waals surface area contributed by atoms with Gasteiger partial charge in [0, 0.05) is 6.07 Å². The van der Waals surface area contributed by atoms with Gasteiger partial charge in [0.2, 0.25) is 5.91 Å². The summed E-state index contributed by atoms with van der Waals surface area (Å²) >= 11 is 0. The lowest BCUT2D eigenvalue weighted by atomic mass is 10.1. The Kier molecular flexibility index (Phi) is 5.87. The van der Waals surface area contributed by atoms with Gasteiger partial charge >= 0.3 is 5.97 Å². The van der Waals surface area contributed by atoms with Gasteiger partial charge in [0.05, 0.1) is 13.5 Å². The van der Waals surface area contributed by atoms with Crippen molar-refractivity contribution >= 4 is 11.9 Å². The van der Waals surface area contributed by atoms with Crippen LogP contribution in [0.2, 0.25) is 0 Å². The van der Waals surface area contributed by atoms with Crippen LogP contribution in [0.1, 0.15) is 5.56 Å². The van der Waals surface area contributed by atoms with E-state index in [0.29, 0.717) is 0 Å². The van der Waals surface area contributed by atoms with Gasteiger partial charge in [-0.15, -0.1) is 0 Å². The van der Waals surface area contributed by atoms with Gasteiger partial charge in [-0.25, -0.2) is 13.6 Å². The third-order valence-electron chi connectivity index (χ3n) is 2.11. The number of halogens is 2. The Morgan fingerprint density at radius 2 is 1.84 bits per heavy atom. The SMILES string of the molecule is COC(=O)COCNC(=O)Cc1cc(F)cc(F)c1. The number of rotatable bonds is 6. The van der Waals surface area contributed by atoms with Gasteiger partial charge in [0.1, 0.15) is 25.0 Å². The van der Waals surface area contributed by atoms with E-state index in [1.807, 2.05) is 0 Å². The van der Waals surface area contributed by atoms with Gasteiger partial charge in [-0.05, 0) is 17.7 Å². The van der Waals surface area contributed by atoms with Crippen LogP contribution in [0.15, 0.2) is 18.2 Å². The molecule has 0 aliphatic heterocycles. The Bertz CT molecular complexity index is 445. The van der Waals surface area contributed by atoms with E-state index in [1.54, 1.807) is 0 Å². The molecule has 1 aromatic rings. The summed E-state index contributed by atoms with van der Waals surface area (Å²) in [5.41, 5.74) is 0.211. The van der Waals surface area contributed by atoms with Crippen molar-refractivity contribution < 1.29 is 27.8 Å². The third kappa shape index (κ3) is 5.91. The molecule has 0 radical (unpaired) electrons. The molecule has 1 rings (SSSR count). The van der Waals surface area contributed by atoms with E-state index in [9.17, 15) is 18.4 Å². The molecular formula is C12H13F2NO4. The molecule has 0 aromatic heterocycles. The fourth-order valence-electron chi connectivity index (χ4n) is 1.29. The molecule has 0 atom stereocenters. The van der Waals surface area contributed by atoms with Crippen LogP contribution < -0.4 is 5.32 Å². The number of hydrogen-bond acceptors (Lipinski definition) is 4. The number of nitrogens with one attached hydrogen (secondary N) is 1. The van der Waals surface area contributed by atoms with Crippen LogP contribution in [0.3, 0.4) is 0 Å². The van der Waals surface area contributed by atoms with Crippen LogP contribution in [-0.2, 0) is 25.5 Å². The maximum atomic E-state index is 12.9. The quantitative estimate of drug-likeness (QED) is 0.472. The average molecular weight is 273 g/mol. The highest BCUT2D eigenvalue weighted by atomic mass is 19.1. The summed E-state index contributed by atoms with van der Waals surface area (Å²) in [4.78, 5) is 22.1. The highest BCUT2D eigenvalue weighted by Gasteiger charge is 2.07. The summed E-state index contributed by atoms with van der Waals surface area (Å²) in [6.07, 6.45) is -0.184. The largest absolute Gasteiger partial charge is 0.467 e. The van der Waals surface area contributed by atoms with Crippen molar-refractivity contribution in [3.05, 3.63) is 35.4 Å². The van der Waals surface area contributed by atoms with Crippen LogP contribution in [0.5, 0.6) is 0 Å². The van der Waals surface area contributed by atoms with Crippen molar-refractivity contribution in [1.29, 1.82) is 0 Å². The third-order valence-corrected chi connectivity index (χ3v) is 2.11. The lowest BCUT2D eigenvalue weighted by Crippen LogP contribution is -2.29. The minimum Gasteiger partial charge on any atom is -0.467 e. The Morgan fingerprint density at radius 1 is 1.21 bits per heavy atom. The summed E-state index contributed by atoms with van der Waals surface area (Å²) < 4.78 is 34.8. The molecule has 0 unspecified atom stereocenters.